The summed E-state index contributed by atoms with van der Waals surface area (Å²) in [5.41, 5.74) is 3.50. The lowest BCUT2D eigenvalue weighted by Crippen LogP contribution is -1.78. The summed E-state index contributed by atoms with van der Waals surface area (Å²) in [7, 11) is 0. The van der Waals surface area contributed by atoms with Gasteiger partial charge in [-0.1, -0.05) is 37.3 Å². The van der Waals surface area contributed by atoms with Gasteiger partial charge in [0.1, 0.15) is 0 Å². The highest BCUT2D eigenvalue weighted by Gasteiger charge is 2.04. The van der Waals surface area contributed by atoms with Crippen molar-refractivity contribution in [3.8, 4) is 11.1 Å². The molecule has 0 aliphatic heterocycles. The molecule has 2 aromatic rings. The van der Waals surface area contributed by atoms with Crippen LogP contribution in [-0.4, -0.2) is 0 Å². The second-order valence-corrected chi connectivity index (χ2v) is 2.90. The van der Waals surface area contributed by atoms with E-state index in [-0.39, 0.29) is 0 Å². The fourth-order valence-corrected chi connectivity index (χ4v) is 1.38. The van der Waals surface area contributed by atoms with Crippen LogP contribution >= 0.6 is 0 Å². The van der Waals surface area contributed by atoms with E-state index >= 15 is 0 Å². The van der Waals surface area contributed by atoms with Crippen LogP contribution in [0.1, 0.15) is 12.5 Å². The summed E-state index contributed by atoms with van der Waals surface area (Å²) >= 11 is 0. The number of hydrogen-bond donors (Lipinski definition) is 0. The standard InChI is InChI=1S/C12H11O/c1-2-10-8-13-9-12(10)11-6-4-3-5-7-11/h2-9H,1H3. The third-order valence-electron chi connectivity index (χ3n) is 2.09. The Hall–Kier alpha value is -1.50. The van der Waals surface area contributed by atoms with Crippen LogP contribution in [0.3, 0.4) is 0 Å². The second kappa shape index (κ2) is 3.48. The van der Waals surface area contributed by atoms with Gasteiger partial charge in [0.2, 0.25) is 0 Å². The largest absolute Gasteiger partial charge is 0.472 e. The molecule has 0 N–H and O–H groups in total. The normalized spacial score (nSPS) is 10.2. The molecular weight excluding hydrogens is 160 g/mol. The summed E-state index contributed by atoms with van der Waals surface area (Å²) < 4.78 is 5.16. The number of rotatable bonds is 2. The Bertz CT molecular complexity index is 373. The van der Waals surface area contributed by atoms with E-state index in [1.807, 2.05) is 31.5 Å². The zero-order valence-corrected chi connectivity index (χ0v) is 7.53. The lowest BCUT2D eigenvalue weighted by Gasteiger charge is -1.98. The minimum Gasteiger partial charge on any atom is -0.472 e. The van der Waals surface area contributed by atoms with Gasteiger partial charge in [-0.15, -0.1) is 0 Å². The topological polar surface area (TPSA) is 13.1 Å². The summed E-state index contributed by atoms with van der Waals surface area (Å²) in [5.74, 6) is 0. The van der Waals surface area contributed by atoms with Crippen LogP contribution in [0.5, 0.6) is 0 Å². The van der Waals surface area contributed by atoms with Crippen molar-refractivity contribution in [3.05, 3.63) is 54.8 Å². The van der Waals surface area contributed by atoms with Gasteiger partial charge >= 0.3 is 0 Å². The molecule has 1 heterocycles. The molecule has 1 aromatic heterocycles. The van der Waals surface area contributed by atoms with Gasteiger partial charge in [-0.25, -0.2) is 0 Å². The van der Waals surface area contributed by atoms with Crippen LogP contribution in [-0.2, 0) is 0 Å². The molecular formula is C12H11O. The molecule has 1 heteroatoms. The van der Waals surface area contributed by atoms with Crippen molar-refractivity contribution in [1.82, 2.24) is 0 Å². The van der Waals surface area contributed by atoms with Gasteiger partial charge in [0.25, 0.3) is 0 Å². The SMILES string of the molecule is C[CH]c1cocc1-c1ccccc1. The highest BCUT2D eigenvalue weighted by molar-refractivity contribution is 5.67. The summed E-state index contributed by atoms with van der Waals surface area (Å²) in [4.78, 5) is 0. The van der Waals surface area contributed by atoms with Crippen LogP contribution in [0.15, 0.2) is 47.3 Å². The molecule has 0 unspecified atom stereocenters. The monoisotopic (exact) mass is 171 g/mol. The molecule has 13 heavy (non-hydrogen) atoms. The molecule has 0 saturated carbocycles. The van der Waals surface area contributed by atoms with Crippen LogP contribution in [0, 0.1) is 6.42 Å². The van der Waals surface area contributed by atoms with Crippen LogP contribution in [0.4, 0.5) is 0 Å². The van der Waals surface area contributed by atoms with E-state index in [0.717, 1.165) is 11.1 Å². The number of furan rings is 1. The van der Waals surface area contributed by atoms with Gasteiger partial charge in [0.15, 0.2) is 0 Å². The first-order chi connectivity index (χ1) is 6.42. The smallest absolute Gasteiger partial charge is 0.0983 e. The van der Waals surface area contributed by atoms with Crippen molar-refractivity contribution in [2.45, 2.75) is 6.92 Å². The molecule has 1 radical (unpaired) electrons. The summed E-state index contributed by atoms with van der Waals surface area (Å²) in [6.45, 7) is 2.01. The first kappa shape index (κ1) is 8.11. The van der Waals surface area contributed by atoms with E-state index in [1.165, 1.54) is 5.56 Å². The predicted octanol–water partition coefficient (Wildman–Crippen LogP) is 3.52. The fourth-order valence-electron chi connectivity index (χ4n) is 1.38. The minimum absolute atomic E-state index is 1.14. The van der Waals surface area contributed by atoms with E-state index in [2.05, 4.69) is 12.1 Å². The van der Waals surface area contributed by atoms with Gasteiger partial charge in [0, 0.05) is 11.1 Å². The molecule has 0 bridgehead atoms. The van der Waals surface area contributed by atoms with Gasteiger partial charge in [0.05, 0.1) is 12.5 Å². The first-order valence-electron chi connectivity index (χ1n) is 4.33. The van der Waals surface area contributed by atoms with Gasteiger partial charge < -0.3 is 4.42 Å². The molecule has 0 amide bonds. The van der Waals surface area contributed by atoms with E-state index < -0.39 is 0 Å². The minimum atomic E-state index is 1.14. The first-order valence-corrected chi connectivity index (χ1v) is 4.33. The highest BCUT2D eigenvalue weighted by atomic mass is 16.3. The Morgan fingerprint density at radius 2 is 1.85 bits per heavy atom. The third-order valence-corrected chi connectivity index (χ3v) is 2.09. The lowest BCUT2D eigenvalue weighted by molar-refractivity contribution is 0.566. The molecule has 1 aromatic carbocycles. The lowest BCUT2D eigenvalue weighted by atomic mass is 10.0. The third kappa shape index (κ3) is 1.50. The Morgan fingerprint density at radius 3 is 2.54 bits per heavy atom. The number of benzene rings is 1. The van der Waals surface area contributed by atoms with E-state index in [1.54, 1.807) is 12.5 Å². The maximum atomic E-state index is 5.16. The molecule has 0 fully saturated rings. The number of hydrogen-bond acceptors (Lipinski definition) is 1. The van der Waals surface area contributed by atoms with Crippen molar-refractivity contribution < 1.29 is 4.42 Å². The zero-order valence-electron chi connectivity index (χ0n) is 7.53. The van der Waals surface area contributed by atoms with Crippen LogP contribution in [0.25, 0.3) is 11.1 Å². The van der Waals surface area contributed by atoms with Gasteiger partial charge in [-0.2, -0.15) is 0 Å². The summed E-state index contributed by atoms with van der Waals surface area (Å²) in [5, 5.41) is 0. The van der Waals surface area contributed by atoms with Gasteiger partial charge in [-0.05, 0) is 12.0 Å². The molecule has 0 spiro atoms. The maximum absolute atomic E-state index is 5.16. The zero-order chi connectivity index (χ0) is 9.10. The van der Waals surface area contributed by atoms with Crippen molar-refractivity contribution >= 4 is 0 Å². The summed E-state index contributed by atoms with van der Waals surface area (Å²) in [6, 6.07) is 10.2. The van der Waals surface area contributed by atoms with Crippen molar-refractivity contribution in [1.29, 1.82) is 0 Å². The highest BCUT2D eigenvalue weighted by Crippen LogP contribution is 2.25. The molecule has 65 valence electrons. The van der Waals surface area contributed by atoms with E-state index in [9.17, 15) is 0 Å². The van der Waals surface area contributed by atoms with Crippen molar-refractivity contribution in [2.75, 3.05) is 0 Å². The molecule has 0 aliphatic carbocycles. The molecule has 2 rings (SSSR count). The maximum Gasteiger partial charge on any atom is 0.0983 e. The Kier molecular flexibility index (Phi) is 2.17. The predicted molar refractivity (Wildman–Crippen MR) is 53.2 cm³/mol. The molecule has 1 nitrogen and oxygen atoms in total. The Labute approximate surface area is 78.0 Å². The van der Waals surface area contributed by atoms with Crippen molar-refractivity contribution in [2.24, 2.45) is 0 Å². The van der Waals surface area contributed by atoms with Gasteiger partial charge in [-0.3, -0.25) is 0 Å². The quantitative estimate of drug-likeness (QED) is 0.673. The van der Waals surface area contributed by atoms with Crippen LogP contribution in [0.2, 0.25) is 0 Å². The average Bonchev–Trinajstić information content (AvgIpc) is 2.67. The van der Waals surface area contributed by atoms with Crippen LogP contribution < -0.4 is 0 Å². The molecule has 0 atom stereocenters. The summed E-state index contributed by atoms with van der Waals surface area (Å²) in [6.07, 6.45) is 5.60. The second-order valence-electron chi connectivity index (χ2n) is 2.90. The Morgan fingerprint density at radius 1 is 1.08 bits per heavy atom. The Balaban J connectivity index is 2.47. The average molecular weight is 171 g/mol. The van der Waals surface area contributed by atoms with Crippen molar-refractivity contribution in [3.63, 3.8) is 0 Å². The molecule has 0 saturated heterocycles. The van der Waals surface area contributed by atoms with E-state index in [4.69, 9.17) is 4.42 Å². The molecule has 0 aliphatic rings. The van der Waals surface area contributed by atoms with E-state index in [0.29, 0.717) is 0 Å². The fraction of sp³-hybridized carbons (Fsp3) is 0.0833.